The Morgan fingerprint density at radius 3 is 2.90 bits per heavy atom. The van der Waals surface area contributed by atoms with E-state index < -0.39 is 0 Å². The Morgan fingerprint density at radius 1 is 1.70 bits per heavy atom. The van der Waals surface area contributed by atoms with Crippen LogP contribution in [0.25, 0.3) is 0 Å². The van der Waals surface area contributed by atoms with Gasteiger partial charge in [0.25, 0.3) is 0 Å². The normalized spacial score (nSPS) is 10.5. The van der Waals surface area contributed by atoms with Gasteiger partial charge in [-0.3, -0.25) is 5.41 Å². The van der Waals surface area contributed by atoms with Crippen LogP contribution in [-0.2, 0) is 0 Å². The lowest BCUT2D eigenvalue weighted by atomic mass is 10.4. The third-order valence-corrected chi connectivity index (χ3v) is 0.767. The molecule has 0 saturated carbocycles. The van der Waals surface area contributed by atoms with Crippen molar-refractivity contribution in [1.82, 2.24) is 5.32 Å². The zero-order chi connectivity index (χ0) is 7.82. The van der Waals surface area contributed by atoms with E-state index in [9.17, 15) is 0 Å². The van der Waals surface area contributed by atoms with Crippen LogP contribution in [0, 0.1) is 5.41 Å². The fourth-order valence-electron chi connectivity index (χ4n) is 0.407. The van der Waals surface area contributed by atoms with Crippen LogP contribution >= 0.6 is 0 Å². The van der Waals surface area contributed by atoms with Crippen molar-refractivity contribution in [3.05, 3.63) is 24.4 Å². The molecule has 0 spiro atoms. The second kappa shape index (κ2) is 5.75. The van der Waals surface area contributed by atoms with Crippen molar-refractivity contribution in [3.8, 4) is 0 Å². The van der Waals surface area contributed by atoms with E-state index >= 15 is 0 Å². The average Bonchev–Trinajstić information content (AvgIpc) is 1.89. The number of hydrogen-bond acceptors (Lipinski definition) is 1. The van der Waals surface area contributed by atoms with Crippen molar-refractivity contribution in [2.75, 3.05) is 0 Å². The van der Waals surface area contributed by atoms with E-state index in [-0.39, 0.29) is 0 Å². The molecular formula is C7H11N3. The summed E-state index contributed by atoms with van der Waals surface area (Å²) in [4.78, 5) is 3.50. The lowest BCUT2D eigenvalue weighted by Gasteiger charge is -1.94. The average molecular weight is 137 g/mol. The standard InChI is InChI=1S/C7H11N3/c1-3-4-7(2)10-6-9-5-8/h3-6H,2H2,1H3,(H2,8,9,10)/b4-3-. The van der Waals surface area contributed by atoms with E-state index in [0.29, 0.717) is 0 Å². The fourth-order valence-corrected chi connectivity index (χ4v) is 0.407. The van der Waals surface area contributed by atoms with E-state index in [0.717, 1.165) is 12.0 Å². The molecule has 0 atom stereocenters. The number of nitrogens with zero attached hydrogens (tertiary/aromatic N) is 1. The van der Waals surface area contributed by atoms with E-state index in [1.165, 1.54) is 6.34 Å². The Bertz CT molecular complexity index is 168. The van der Waals surface area contributed by atoms with Crippen LogP contribution in [-0.4, -0.2) is 12.7 Å². The second-order valence-electron chi connectivity index (χ2n) is 1.58. The highest BCUT2D eigenvalue weighted by Crippen LogP contribution is 1.82. The quantitative estimate of drug-likeness (QED) is 0.342. The molecule has 3 nitrogen and oxygen atoms in total. The number of hydrogen-bond donors (Lipinski definition) is 2. The van der Waals surface area contributed by atoms with E-state index in [4.69, 9.17) is 5.41 Å². The molecule has 2 N–H and O–H groups in total. The minimum atomic E-state index is 0.758. The van der Waals surface area contributed by atoms with Gasteiger partial charge in [-0.15, -0.1) is 0 Å². The third-order valence-electron chi connectivity index (χ3n) is 0.767. The van der Waals surface area contributed by atoms with Crippen LogP contribution < -0.4 is 5.32 Å². The minimum Gasteiger partial charge on any atom is -0.347 e. The molecule has 0 amide bonds. The first-order chi connectivity index (χ1) is 4.81. The van der Waals surface area contributed by atoms with Crippen molar-refractivity contribution in [2.24, 2.45) is 4.99 Å². The van der Waals surface area contributed by atoms with Gasteiger partial charge in [0.05, 0.1) is 6.34 Å². The lowest BCUT2D eigenvalue weighted by molar-refractivity contribution is 1.22. The lowest BCUT2D eigenvalue weighted by Crippen LogP contribution is -2.06. The first kappa shape index (κ1) is 8.62. The van der Waals surface area contributed by atoms with Gasteiger partial charge in [-0.1, -0.05) is 12.7 Å². The molecule has 0 aromatic rings. The Hall–Kier alpha value is -1.38. The number of rotatable bonds is 4. The third kappa shape index (κ3) is 4.77. The molecule has 0 unspecified atom stereocenters. The Kier molecular flexibility index (Phi) is 4.96. The maximum Gasteiger partial charge on any atom is 0.108 e. The summed E-state index contributed by atoms with van der Waals surface area (Å²) >= 11 is 0. The van der Waals surface area contributed by atoms with Gasteiger partial charge < -0.3 is 5.32 Å². The molecule has 0 aliphatic heterocycles. The summed E-state index contributed by atoms with van der Waals surface area (Å²) in [7, 11) is 0. The number of aliphatic imine (C=N–C) groups is 1. The Labute approximate surface area is 60.7 Å². The van der Waals surface area contributed by atoms with Crippen LogP contribution in [0.5, 0.6) is 0 Å². The van der Waals surface area contributed by atoms with Crippen molar-refractivity contribution >= 4 is 12.7 Å². The van der Waals surface area contributed by atoms with Gasteiger partial charge in [-0.25, -0.2) is 4.99 Å². The summed E-state index contributed by atoms with van der Waals surface area (Å²) in [6.45, 7) is 5.56. The summed E-state index contributed by atoms with van der Waals surface area (Å²) < 4.78 is 0. The Morgan fingerprint density at radius 2 is 2.40 bits per heavy atom. The predicted molar refractivity (Wildman–Crippen MR) is 44.4 cm³/mol. The molecule has 0 aliphatic carbocycles. The molecule has 0 aliphatic rings. The number of allylic oxidation sites excluding steroid dienone is 2. The minimum absolute atomic E-state index is 0.758. The maximum absolute atomic E-state index is 6.54. The van der Waals surface area contributed by atoms with Gasteiger partial charge in [0.15, 0.2) is 0 Å². The highest BCUT2D eigenvalue weighted by Gasteiger charge is 1.77. The van der Waals surface area contributed by atoms with E-state index in [1.54, 1.807) is 0 Å². The van der Waals surface area contributed by atoms with Crippen molar-refractivity contribution in [1.29, 1.82) is 5.41 Å². The van der Waals surface area contributed by atoms with Crippen LogP contribution in [0.4, 0.5) is 0 Å². The molecule has 0 heterocycles. The zero-order valence-electron chi connectivity index (χ0n) is 5.96. The number of nitrogens with one attached hydrogen (secondary N) is 2. The molecule has 10 heavy (non-hydrogen) atoms. The largest absolute Gasteiger partial charge is 0.347 e. The van der Waals surface area contributed by atoms with Gasteiger partial charge in [0, 0.05) is 5.70 Å². The topological polar surface area (TPSA) is 48.2 Å². The van der Waals surface area contributed by atoms with Crippen molar-refractivity contribution < 1.29 is 0 Å². The summed E-state index contributed by atoms with van der Waals surface area (Å²) in [6.07, 6.45) is 6.05. The summed E-state index contributed by atoms with van der Waals surface area (Å²) in [5.74, 6) is 0. The van der Waals surface area contributed by atoms with Crippen molar-refractivity contribution in [3.63, 3.8) is 0 Å². The first-order valence-corrected chi connectivity index (χ1v) is 2.90. The van der Waals surface area contributed by atoms with Gasteiger partial charge in [0.1, 0.15) is 6.34 Å². The molecule has 0 bridgehead atoms. The highest BCUT2D eigenvalue weighted by atomic mass is 14.9. The summed E-state index contributed by atoms with van der Waals surface area (Å²) in [5.41, 5.74) is 0.758. The highest BCUT2D eigenvalue weighted by molar-refractivity contribution is 5.70. The van der Waals surface area contributed by atoms with Gasteiger partial charge in [-0.2, -0.15) is 0 Å². The second-order valence-corrected chi connectivity index (χ2v) is 1.58. The molecule has 0 aromatic carbocycles. The molecule has 0 radical (unpaired) electrons. The molecule has 0 rings (SSSR count). The van der Waals surface area contributed by atoms with Crippen LogP contribution in [0.1, 0.15) is 6.92 Å². The van der Waals surface area contributed by atoms with Crippen LogP contribution in [0.15, 0.2) is 29.4 Å². The predicted octanol–water partition coefficient (Wildman–Crippen LogP) is 1.30. The van der Waals surface area contributed by atoms with Crippen molar-refractivity contribution in [2.45, 2.75) is 6.92 Å². The smallest absolute Gasteiger partial charge is 0.108 e. The molecular weight excluding hydrogens is 126 g/mol. The van der Waals surface area contributed by atoms with Gasteiger partial charge >= 0.3 is 0 Å². The van der Waals surface area contributed by atoms with Crippen LogP contribution in [0.3, 0.4) is 0 Å². The SMILES string of the molecule is C=C(/C=C\C)NC=NC=N. The molecule has 3 heteroatoms. The first-order valence-electron chi connectivity index (χ1n) is 2.90. The Balaban J connectivity index is 3.58. The maximum atomic E-state index is 6.54. The summed E-state index contributed by atoms with van der Waals surface area (Å²) in [6, 6.07) is 0. The molecule has 0 fully saturated rings. The fraction of sp³-hybridized carbons (Fsp3) is 0.143. The molecule has 0 saturated heterocycles. The zero-order valence-corrected chi connectivity index (χ0v) is 5.96. The monoisotopic (exact) mass is 137 g/mol. The van der Waals surface area contributed by atoms with E-state index in [1.807, 2.05) is 19.1 Å². The van der Waals surface area contributed by atoms with E-state index in [2.05, 4.69) is 16.9 Å². The molecule has 54 valence electrons. The summed E-state index contributed by atoms with van der Waals surface area (Å²) in [5, 5.41) is 9.30. The van der Waals surface area contributed by atoms with Gasteiger partial charge in [0.2, 0.25) is 0 Å². The van der Waals surface area contributed by atoms with Gasteiger partial charge in [-0.05, 0) is 13.0 Å². The molecule has 0 aromatic heterocycles. The van der Waals surface area contributed by atoms with Crippen LogP contribution in [0.2, 0.25) is 0 Å².